The number of hydrogen-bond acceptors (Lipinski definition) is 9. The summed E-state index contributed by atoms with van der Waals surface area (Å²) >= 11 is 3.99. The standard InChI is InChI=1S/C4H9FN.C4H10NS.C3H6NO.C2H7NO2S.C2H6N/c5-3-1-2-4-6;1-4(6)2-3-5;4-2-1-3-5;3-1-2-6(4)5;1-2-3/h1H,2-4,6H2;4,6H,1-3,5H2;1-2,4H2;6H,1-3H2;1-3H2. The van der Waals surface area contributed by atoms with Crippen LogP contribution in [0.4, 0.5) is 4.39 Å². The van der Waals surface area contributed by atoms with Crippen molar-refractivity contribution in [3.05, 3.63) is 20.3 Å². The fourth-order valence-electron chi connectivity index (χ4n) is 0.552. The minimum absolute atomic E-state index is 0.106. The van der Waals surface area contributed by atoms with Crippen LogP contribution in [0.5, 0.6) is 0 Å². The molecule has 0 spiro atoms. The van der Waals surface area contributed by atoms with Crippen molar-refractivity contribution in [3.8, 4) is 0 Å². The first kappa shape index (κ1) is 36.6. The van der Waals surface area contributed by atoms with Gasteiger partial charge in [-0.05, 0) is 59.3 Å². The van der Waals surface area contributed by atoms with Crippen LogP contribution in [-0.4, -0.2) is 65.1 Å². The van der Waals surface area contributed by atoms with Crippen LogP contribution in [0.25, 0.3) is 0 Å². The molecule has 4 radical (unpaired) electrons. The Morgan fingerprint density at radius 2 is 1.58 bits per heavy atom. The predicted molar refractivity (Wildman–Crippen MR) is 114 cm³/mol. The Morgan fingerprint density at radius 1 is 1.08 bits per heavy atom. The first-order valence-electron chi connectivity index (χ1n) is 7.94. The molecule has 160 valence electrons. The number of halogens is 1. The smallest absolute Gasteiger partial charge is 0.199 e. The number of alkyl halides is 1. The lowest BCUT2D eigenvalue weighted by atomic mass is 10.3. The van der Waals surface area contributed by atoms with E-state index >= 15 is 0 Å². The maximum Gasteiger partial charge on any atom is 0.199 e. The van der Waals surface area contributed by atoms with Crippen molar-refractivity contribution in [2.45, 2.75) is 24.5 Å². The summed E-state index contributed by atoms with van der Waals surface area (Å²) < 4.78 is 30.2. The van der Waals surface area contributed by atoms with Crippen LogP contribution in [0, 0.1) is 20.3 Å². The highest BCUT2D eigenvalue weighted by atomic mass is 32.2. The lowest BCUT2D eigenvalue weighted by molar-refractivity contribution is 0.528. The quantitative estimate of drug-likeness (QED) is 0.179. The van der Waals surface area contributed by atoms with Crippen molar-refractivity contribution in [1.29, 1.82) is 0 Å². The van der Waals surface area contributed by atoms with Crippen LogP contribution in [-0.2, 0) is 15.5 Å². The van der Waals surface area contributed by atoms with Crippen LogP contribution in [0.1, 0.15) is 19.3 Å². The Kier molecular flexibility index (Phi) is 62.3. The molecule has 0 aliphatic heterocycles. The molecule has 0 amide bonds. The van der Waals surface area contributed by atoms with E-state index in [4.69, 9.17) is 28.7 Å². The number of hydrogen-bond donors (Lipinski definition) is 7. The molecule has 0 heterocycles. The molecule has 0 saturated heterocycles. The highest BCUT2D eigenvalue weighted by molar-refractivity contribution is 7.81. The monoisotopic (exact) mass is 419 g/mol. The summed E-state index contributed by atoms with van der Waals surface area (Å²) in [6.07, 6.45) is 5.11. The molecule has 0 aromatic rings. The van der Waals surface area contributed by atoms with Gasteiger partial charge in [-0.1, -0.05) is 0 Å². The summed E-state index contributed by atoms with van der Waals surface area (Å²) in [5, 5.41) is 0.218. The molecule has 0 aromatic carbocycles. The second-order valence-electron chi connectivity index (χ2n) is 4.07. The molecule has 0 bridgehead atoms. The lowest BCUT2D eigenvalue weighted by Crippen LogP contribution is -2.04. The van der Waals surface area contributed by atoms with Crippen LogP contribution < -0.4 is 28.7 Å². The Balaban J connectivity index is -0.0000000719. The maximum absolute atomic E-state index is 11.1. The second kappa shape index (κ2) is 44.3. The lowest BCUT2D eigenvalue weighted by Gasteiger charge is -1.95. The third-order valence-corrected chi connectivity index (χ3v) is 2.42. The average Bonchev–Trinajstić information content (AvgIpc) is 2.56. The van der Waals surface area contributed by atoms with Gasteiger partial charge in [-0.2, -0.15) is 12.6 Å². The summed E-state index contributed by atoms with van der Waals surface area (Å²) in [4.78, 5) is 9.20. The molecule has 26 heavy (non-hydrogen) atoms. The van der Waals surface area contributed by atoms with Gasteiger partial charge in [0.2, 0.25) is 0 Å². The zero-order valence-corrected chi connectivity index (χ0v) is 17.3. The van der Waals surface area contributed by atoms with E-state index in [1.54, 1.807) is 6.29 Å². The molecule has 0 aliphatic rings. The van der Waals surface area contributed by atoms with E-state index in [-0.39, 0.29) is 24.2 Å². The van der Waals surface area contributed by atoms with Crippen molar-refractivity contribution in [2.75, 3.05) is 45.2 Å². The first-order valence-corrected chi connectivity index (χ1v) is 9.82. The van der Waals surface area contributed by atoms with Gasteiger partial charge in [-0.25, -0.2) is 8.42 Å². The van der Waals surface area contributed by atoms with Gasteiger partial charge in [0.1, 0.15) is 10.7 Å². The molecule has 1 atom stereocenters. The minimum Gasteiger partial charge on any atom is -0.330 e. The summed E-state index contributed by atoms with van der Waals surface area (Å²) in [6.45, 7) is 8.93. The van der Waals surface area contributed by atoms with E-state index in [9.17, 15) is 17.6 Å². The number of nitrogens with two attached hydrogens (primary N) is 5. The SMILES string of the molecule is NCC[CH]CF.NCC[C]=O.NCC[SH](=O)=O.[CH2]C(S)CCN.[CH2]CN. The molecule has 8 nitrogen and oxygen atoms in total. The minimum atomic E-state index is -2.23. The van der Waals surface area contributed by atoms with E-state index in [1.165, 1.54) is 6.42 Å². The number of rotatable bonds is 9. The number of unbranched alkanes of at least 4 members (excludes halogenated alkanes) is 1. The van der Waals surface area contributed by atoms with Crippen LogP contribution in [0.2, 0.25) is 0 Å². The van der Waals surface area contributed by atoms with E-state index < -0.39 is 10.7 Å². The summed E-state index contributed by atoms with van der Waals surface area (Å²) in [7, 11) is -2.23. The Hall–Kier alpha value is -0.300. The third kappa shape index (κ3) is 107. The normalized spacial score (nSPS) is 9.77. The van der Waals surface area contributed by atoms with Gasteiger partial charge in [-0.3, -0.25) is 9.18 Å². The second-order valence-corrected chi connectivity index (χ2v) is 5.91. The molecular weight excluding hydrogens is 381 g/mol. The summed E-state index contributed by atoms with van der Waals surface area (Å²) in [5.74, 6) is 0.106. The first-order chi connectivity index (χ1) is 12.3. The van der Waals surface area contributed by atoms with Crippen molar-refractivity contribution < 1.29 is 17.6 Å². The van der Waals surface area contributed by atoms with E-state index in [1.807, 2.05) is 0 Å². The van der Waals surface area contributed by atoms with Crippen LogP contribution >= 0.6 is 12.6 Å². The van der Waals surface area contributed by atoms with Gasteiger partial charge in [-0.15, -0.1) is 0 Å². The van der Waals surface area contributed by atoms with Crippen molar-refractivity contribution >= 4 is 29.6 Å². The number of thiol groups is 2. The van der Waals surface area contributed by atoms with Gasteiger partial charge < -0.3 is 28.7 Å². The van der Waals surface area contributed by atoms with Crippen LogP contribution in [0.15, 0.2) is 0 Å². The van der Waals surface area contributed by atoms with Crippen molar-refractivity contribution in [1.82, 2.24) is 0 Å². The fourth-order valence-corrected chi connectivity index (χ4v) is 0.912. The molecule has 0 rings (SSSR count). The van der Waals surface area contributed by atoms with E-state index in [0.29, 0.717) is 39.0 Å². The molecule has 11 heteroatoms. The summed E-state index contributed by atoms with van der Waals surface area (Å²) in [6, 6.07) is 0. The van der Waals surface area contributed by atoms with Gasteiger partial charge in [0.25, 0.3) is 0 Å². The van der Waals surface area contributed by atoms with Gasteiger partial charge in [0.15, 0.2) is 6.29 Å². The molecular formula is C15H38FN5O3S2. The van der Waals surface area contributed by atoms with E-state index in [2.05, 4.69) is 26.5 Å². The average molecular weight is 420 g/mol. The molecule has 0 aliphatic carbocycles. The number of carbonyl (C=O) groups excluding carboxylic acids is 1. The van der Waals surface area contributed by atoms with Crippen LogP contribution in [0.3, 0.4) is 0 Å². The highest BCUT2D eigenvalue weighted by Gasteiger charge is 1.87. The Bertz CT molecular complexity index is 276. The zero-order chi connectivity index (χ0) is 21.6. The Labute approximate surface area is 166 Å². The molecule has 0 aromatic heterocycles. The van der Waals surface area contributed by atoms with Gasteiger partial charge in [0, 0.05) is 18.2 Å². The highest BCUT2D eigenvalue weighted by Crippen LogP contribution is 1.93. The predicted octanol–water partition coefficient (Wildman–Crippen LogP) is -1.24. The molecule has 0 saturated carbocycles. The molecule has 10 N–H and O–H groups in total. The summed E-state index contributed by atoms with van der Waals surface area (Å²) in [5.41, 5.74) is 24.6. The van der Waals surface area contributed by atoms with Crippen molar-refractivity contribution in [3.63, 3.8) is 0 Å². The molecule has 0 fully saturated rings. The zero-order valence-electron chi connectivity index (χ0n) is 15.5. The fraction of sp³-hybridized carbons (Fsp3) is 0.733. The van der Waals surface area contributed by atoms with Crippen molar-refractivity contribution in [2.24, 2.45) is 28.7 Å². The maximum atomic E-state index is 11.1. The third-order valence-electron chi connectivity index (χ3n) is 1.54. The molecule has 1 unspecified atom stereocenters. The Morgan fingerprint density at radius 3 is 1.62 bits per heavy atom. The topological polar surface area (TPSA) is 181 Å². The van der Waals surface area contributed by atoms with Gasteiger partial charge >= 0.3 is 0 Å². The van der Waals surface area contributed by atoms with Gasteiger partial charge in [0.05, 0.1) is 12.4 Å². The largest absolute Gasteiger partial charge is 0.330 e. The van der Waals surface area contributed by atoms with E-state index in [0.717, 1.165) is 6.42 Å².